The van der Waals surface area contributed by atoms with Crippen LogP contribution in [-0.4, -0.2) is 17.0 Å². The van der Waals surface area contributed by atoms with Crippen molar-refractivity contribution in [3.05, 3.63) is 39.4 Å². The minimum Gasteiger partial charge on any atom is -0.474 e. The van der Waals surface area contributed by atoms with Gasteiger partial charge >= 0.3 is 11.9 Å². The molecule has 6 heteroatoms. The third kappa shape index (κ3) is 2.38. The maximum absolute atomic E-state index is 11.7. The fourth-order valence-electron chi connectivity index (χ4n) is 1.54. The Labute approximate surface area is 106 Å². The van der Waals surface area contributed by atoms with E-state index >= 15 is 0 Å². The molecule has 2 aromatic rings. The SMILES string of the molecule is Cc1cc(=O)c2cc(NC(=O)C(=O)O)ccc2s1. The lowest BCUT2D eigenvalue weighted by molar-refractivity contribution is -0.147. The van der Waals surface area contributed by atoms with Crippen LogP contribution in [0.4, 0.5) is 5.69 Å². The van der Waals surface area contributed by atoms with Gasteiger partial charge in [0.2, 0.25) is 0 Å². The van der Waals surface area contributed by atoms with Crippen molar-refractivity contribution in [1.82, 2.24) is 0 Å². The van der Waals surface area contributed by atoms with E-state index in [0.717, 1.165) is 9.58 Å². The number of carbonyl (C=O) groups is 2. The lowest BCUT2D eigenvalue weighted by Gasteiger charge is -2.03. The van der Waals surface area contributed by atoms with E-state index in [9.17, 15) is 14.4 Å². The van der Waals surface area contributed by atoms with Gasteiger partial charge < -0.3 is 10.4 Å². The number of rotatable bonds is 1. The van der Waals surface area contributed by atoms with Gasteiger partial charge in [-0.05, 0) is 31.2 Å². The molecule has 92 valence electrons. The fourth-order valence-corrected chi connectivity index (χ4v) is 2.46. The van der Waals surface area contributed by atoms with E-state index in [0.29, 0.717) is 11.1 Å². The van der Waals surface area contributed by atoms with E-state index in [1.165, 1.54) is 23.5 Å². The Balaban J connectivity index is 2.48. The molecule has 0 fully saturated rings. The molecule has 1 aromatic heterocycles. The molecule has 2 N–H and O–H groups in total. The highest BCUT2D eigenvalue weighted by Crippen LogP contribution is 2.21. The summed E-state index contributed by atoms with van der Waals surface area (Å²) in [6.45, 7) is 1.84. The third-order valence-electron chi connectivity index (χ3n) is 2.30. The molecule has 0 aliphatic carbocycles. The van der Waals surface area contributed by atoms with Crippen molar-refractivity contribution in [2.75, 3.05) is 5.32 Å². The van der Waals surface area contributed by atoms with Crippen molar-refractivity contribution in [3.63, 3.8) is 0 Å². The second-order valence-electron chi connectivity index (χ2n) is 3.69. The smallest absolute Gasteiger partial charge is 0.394 e. The maximum atomic E-state index is 11.7. The molecule has 0 bridgehead atoms. The average molecular weight is 263 g/mol. The summed E-state index contributed by atoms with van der Waals surface area (Å²) in [5.74, 6) is -2.69. The van der Waals surface area contributed by atoms with Crippen LogP contribution in [0.1, 0.15) is 4.88 Å². The van der Waals surface area contributed by atoms with Crippen LogP contribution < -0.4 is 10.7 Å². The molecule has 0 spiro atoms. The molecule has 1 heterocycles. The second-order valence-corrected chi connectivity index (χ2v) is 4.98. The molecule has 18 heavy (non-hydrogen) atoms. The van der Waals surface area contributed by atoms with Crippen LogP contribution in [0.2, 0.25) is 0 Å². The summed E-state index contributed by atoms with van der Waals surface area (Å²) in [4.78, 5) is 34.1. The number of anilines is 1. The average Bonchev–Trinajstić information content (AvgIpc) is 2.29. The van der Waals surface area contributed by atoms with Gasteiger partial charge in [-0.2, -0.15) is 0 Å². The molecule has 1 amide bonds. The van der Waals surface area contributed by atoms with Crippen molar-refractivity contribution in [3.8, 4) is 0 Å². The summed E-state index contributed by atoms with van der Waals surface area (Å²) in [6.07, 6.45) is 0. The number of nitrogens with one attached hydrogen (secondary N) is 1. The molecule has 2 rings (SSSR count). The zero-order valence-corrected chi connectivity index (χ0v) is 10.2. The summed E-state index contributed by atoms with van der Waals surface area (Å²) in [6, 6.07) is 6.24. The molecule has 0 radical (unpaired) electrons. The van der Waals surface area contributed by atoms with Crippen molar-refractivity contribution in [2.45, 2.75) is 6.92 Å². The number of aryl methyl sites for hydroxylation is 1. The first-order valence-electron chi connectivity index (χ1n) is 5.06. The van der Waals surface area contributed by atoms with Gasteiger partial charge in [0.05, 0.1) is 0 Å². The zero-order valence-electron chi connectivity index (χ0n) is 9.39. The summed E-state index contributed by atoms with van der Waals surface area (Å²) in [7, 11) is 0. The van der Waals surface area contributed by atoms with Crippen LogP contribution in [-0.2, 0) is 9.59 Å². The predicted octanol–water partition coefficient (Wildman–Crippen LogP) is 1.59. The molecular formula is C12H9NO4S. The van der Waals surface area contributed by atoms with Gasteiger partial charge in [0.15, 0.2) is 5.43 Å². The highest BCUT2D eigenvalue weighted by atomic mass is 32.1. The number of carboxylic acid groups (broad SMARTS) is 1. The first-order chi connectivity index (χ1) is 8.47. The number of fused-ring (bicyclic) bond motifs is 1. The summed E-state index contributed by atoms with van der Waals surface area (Å²) >= 11 is 1.46. The molecule has 5 nitrogen and oxygen atoms in total. The van der Waals surface area contributed by atoms with Crippen LogP contribution in [0.5, 0.6) is 0 Å². The molecule has 0 atom stereocenters. The first kappa shape index (κ1) is 12.3. The van der Waals surface area contributed by atoms with Crippen LogP contribution in [0.25, 0.3) is 10.1 Å². The lowest BCUT2D eigenvalue weighted by Crippen LogP contribution is -2.21. The highest BCUT2D eigenvalue weighted by Gasteiger charge is 2.11. The normalized spacial score (nSPS) is 10.3. The molecular weight excluding hydrogens is 254 g/mol. The van der Waals surface area contributed by atoms with E-state index in [-0.39, 0.29) is 5.43 Å². The predicted molar refractivity (Wildman–Crippen MR) is 69.1 cm³/mol. The van der Waals surface area contributed by atoms with Crippen LogP contribution in [0.15, 0.2) is 29.1 Å². The standard InChI is InChI=1S/C12H9NO4S/c1-6-4-9(14)8-5-7(2-3-10(8)18-6)13-11(15)12(16)17/h2-5H,1H3,(H,13,15)(H,16,17). The summed E-state index contributed by atoms with van der Waals surface area (Å²) < 4.78 is 0.799. The van der Waals surface area contributed by atoms with Gasteiger partial charge in [0.25, 0.3) is 0 Å². The minimum atomic E-state index is -1.57. The van der Waals surface area contributed by atoms with E-state index in [1.807, 2.05) is 6.92 Å². The lowest BCUT2D eigenvalue weighted by atomic mass is 10.2. The quantitative estimate of drug-likeness (QED) is 0.765. The number of hydrogen-bond donors (Lipinski definition) is 2. The monoisotopic (exact) mass is 263 g/mol. The summed E-state index contributed by atoms with van der Waals surface area (Å²) in [5.41, 5.74) is 0.149. The molecule has 0 saturated heterocycles. The van der Waals surface area contributed by atoms with Crippen LogP contribution in [0.3, 0.4) is 0 Å². The molecule has 1 aromatic carbocycles. The Bertz CT molecular complexity index is 705. The fraction of sp³-hybridized carbons (Fsp3) is 0.0833. The van der Waals surface area contributed by atoms with Crippen molar-refractivity contribution < 1.29 is 14.7 Å². The van der Waals surface area contributed by atoms with Crippen molar-refractivity contribution in [1.29, 1.82) is 0 Å². The Morgan fingerprint density at radius 1 is 1.28 bits per heavy atom. The van der Waals surface area contributed by atoms with Crippen LogP contribution >= 0.6 is 11.3 Å². The van der Waals surface area contributed by atoms with E-state index in [2.05, 4.69) is 5.32 Å². The Morgan fingerprint density at radius 3 is 2.67 bits per heavy atom. The number of hydrogen-bond acceptors (Lipinski definition) is 4. The Kier molecular flexibility index (Phi) is 3.12. The summed E-state index contributed by atoms with van der Waals surface area (Å²) in [5, 5.41) is 11.1. The van der Waals surface area contributed by atoms with E-state index in [1.54, 1.807) is 12.1 Å². The third-order valence-corrected chi connectivity index (χ3v) is 3.32. The topological polar surface area (TPSA) is 83.5 Å². The first-order valence-corrected chi connectivity index (χ1v) is 5.88. The van der Waals surface area contributed by atoms with E-state index in [4.69, 9.17) is 5.11 Å². The van der Waals surface area contributed by atoms with Gasteiger partial charge in [-0.1, -0.05) is 0 Å². The van der Waals surface area contributed by atoms with E-state index < -0.39 is 11.9 Å². The minimum absolute atomic E-state index is 0.146. The number of carboxylic acids is 1. The van der Waals surface area contributed by atoms with Gasteiger partial charge in [-0.25, -0.2) is 4.79 Å². The molecule has 0 unspecified atom stereocenters. The Hall–Kier alpha value is -2.21. The second kappa shape index (κ2) is 4.58. The van der Waals surface area contributed by atoms with Crippen molar-refractivity contribution >= 4 is 39.0 Å². The number of aliphatic carboxylic acids is 1. The van der Waals surface area contributed by atoms with Gasteiger partial charge in [-0.3, -0.25) is 9.59 Å². The van der Waals surface area contributed by atoms with Gasteiger partial charge in [-0.15, -0.1) is 11.3 Å². The number of benzene rings is 1. The molecule has 0 aliphatic rings. The molecule has 0 saturated carbocycles. The highest BCUT2D eigenvalue weighted by molar-refractivity contribution is 7.18. The Morgan fingerprint density at radius 2 is 2.00 bits per heavy atom. The number of amides is 1. The number of carbonyl (C=O) groups excluding carboxylic acids is 1. The van der Waals surface area contributed by atoms with Gasteiger partial charge in [0.1, 0.15) is 0 Å². The zero-order chi connectivity index (χ0) is 13.3. The van der Waals surface area contributed by atoms with Crippen molar-refractivity contribution in [2.24, 2.45) is 0 Å². The largest absolute Gasteiger partial charge is 0.474 e. The maximum Gasteiger partial charge on any atom is 0.394 e. The van der Waals surface area contributed by atoms with Gasteiger partial charge in [0, 0.05) is 20.7 Å². The van der Waals surface area contributed by atoms with Crippen LogP contribution in [0, 0.1) is 6.92 Å². The molecule has 0 aliphatic heterocycles.